The van der Waals surface area contributed by atoms with Crippen LogP contribution in [0.2, 0.25) is 0 Å². The summed E-state index contributed by atoms with van der Waals surface area (Å²) in [5.41, 5.74) is 1.53. The highest BCUT2D eigenvalue weighted by atomic mass is 32.1. The number of carboxylic acid groups (broad SMARTS) is 1. The lowest BCUT2D eigenvalue weighted by molar-refractivity contribution is 0.0696. The van der Waals surface area contributed by atoms with E-state index in [-0.39, 0.29) is 5.01 Å². The molecule has 0 aliphatic carbocycles. The van der Waals surface area contributed by atoms with Crippen molar-refractivity contribution < 1.29 is 9.90 Å². The maximum absolute atomic E-state index is 10.6. The van der Waals surface area contributed by atoms with E-state index in [2.05, 4.69) is 9.97 Å². The predicted molar refractivity (Wildman–Crippen MR) is 49.1 cm³/mol. The average Bonchev–Trinajstić information content (AvgIpc) is 2.49. The van der Waals surface area contributed by atoms with Gasteiger partial charge < -0.3 is 5.11 Å². The Morgan fingerprint density at radius 3 is 3.00 bits per heavy atom. The summed E-state index contributed by atoms with van der Waals surface area (Å²) in [4.78, 5) is 18.6. The van der Waals surface area contributed by atoms with Crippen molar-refractivity contribution in [3.63, 3.8) is 0 Å². The molecule has 4 nitrogen and oxygen atoms in total. The number of rotatable bonds is 1. The summed E-state index contributed by atoms with van der Waals surface area (Å²) in [5, 5.41) is 8.82. The second-order valence-corrected chi connectivity index (χ2v) is 3.57. The predicted octanol–water partition coefficient (Wildman–Crippen LogP) is 1.70. The molecule has 0 atom stereocenters. The fraction of sp³-hybridized carbons (Fsp3) is 0.125. The summed E-state index contributed by atoms with van der Waals surface area (Å²) in [6.07, 6.45) is 1.63. The molecule has 0 aliphatic heterocycles. The Bertz CT molecular complexity index is 478. The minimum atomic E-state index is -0.986. The first kappa shape index (κ1) is 8.12. The maximum Gasteiger partial charge on any atom is 0.365 e. The van der Waals surface area contributed by atoms with Gasteiger partial charge in [0.1, 0.15) is 0 Å². The van der Waals surface area contributed by atoms with Crippen molar-refractivity contribution in [2.45, 2.75) is 6.92 Å². The number of hydrogen-bond acceptors (Lipinski definition) is 4. The third-order valence-electron chi connectivity index (χ3n) is 1.67. The van der Waals surface area contributed by atoms with Gasteiger partial charge in [-0.25, -0.2) is 9.78 Å². The molecule has 2 heterocycles. The zero-order chi connectivity index (χ0) is 9.42. The molecule has 0 saturated carbocycles. The third-order valence-corrected chi connectivity index (χ3v) is 2.83. The first-order chi connectivity index (χ1) is 6.18. The summed E-state index contributed by atoms with van der Waals surface area (Å²) in [7, 11) is 0. The molecular formula is C8H6N2O2S. The maximum atomic E-state index is 10.6. The van der Waals surface area contributed by atoms with Gasteiger partial charge >= 0.3 is 5.97 Å². The second-order valence-electron chi connectivity index (χ2n) is 2.57. The highest BCUT2D eigenvalue weighted by Crippen LogP contribution is 2.23. The van der Waals surface area contributed by atoms with Crippen LogP contribution in [-0.4, -0.2) is 21.0 Å². The topological polar surface area (TPSA) is 63.1 Å². The number of fused-ring (bicyclic) bond motifs is 1. The summed E-state index contributed by atoms with van der Waals surface area (Å²) in [5.74, 6) is -0.986. The number of aromatic nitrogens is 2. The Morgan fingerprint density at radius 2 is 2.38 bits per heavy atom. The first-order valence-corrected chi connectivity index (χ1v) is 4.45. The van der Waals surface area contributed by atoms with E-state index in [0.717, 1.165) is 21.7 Å². The van der Waals surface area contributed by atoms with Crippen LogP contribution in [0, 0.1) is 6.92 Å². The van der Waals surface area contributed by atoms with Gasteiger partial charge in [-0.15, -0.1) is 11.3 Å². The molecule has 0 unspecified atom stereocenters. The zero-order valence-corrected chi connectivity index (χ0v) is 7.63. The van der Waals surface area contributed by atoms with E-state index in [0.29, 0.717) is 5.52 Å². The van der Waals surface area contributed by atoms with Gasteiger partial charge in [0.15, 0.2) is 0 Å². The molecule has 2 aromatic rings. The van der Waals surface area contributed by atoms with Crippen molar-refractivity contribution in [3.8, 4) is 0 Å². The normalized spacial score (nSPS) is 10.5. The number of carbonyl (C=O) groups is 1. The number of carboxylic acids is 1. The summed E-state index contributed by atoms with van der Waals surface area (Å²) in [6, 6.07) is 1.71. The summed E-state index contributed by atoms with van der Waals surface area (Å²) in [6.45, 7) is 1.84. The van der Waals surface area contributed by atoms with E-state index in [1.807, 2.05) is 6.92 Å². The first-order valence-electron chi connectivity index (χ1n) is 3.64. The number of nitrogens with zero attached hydrogens (tertiary/aromatic N) is 2. The minimum Gasteiger partial charge on any atom is -0.476 e. The van der Waals surface area contributed by atoms with Gasteiger partial charge in [0.05, 0.1) is 15.9 Å². The smallest absolute Gasteiger partial charge is 0.365 e. The van der Waals surface area contributed by atoms with Gasteiger partial charge in [-0.05, 0) is 13.0 Å². The van der Waals surface area contributed by atoms with E-state index >= 15 is 0 Å². The number of hydrogen-bond donors (Lipinski definition) is 1. The van der Waals surface area contributed by atoms with Crippen LogP contribution in [-0.2, 0) is 0 Å². The standard InChI is InChI=1S/C8H6N2O2S/c1-4-6-5(2-3-9-4)10-7(13-6)8(11)12/h2-3H,1H3,(H,11,12). The molecule has 0 amide bonds. The molecule has 0 radical (unpaired) electrons. The Morgan fingerprint density at radius 1 is 1.62 bits per heavy atom. The van der Waals surface area contributed by atoms with Crippen molar-refractivity contribution in [2.75, 3.05) is 0 Å². The molecule has 2 aromatic heterocycles. The lowest BCUT2D eigenvalue weighted by Crippen LogP contribution is -1.93. The van der Waals surface area contributed by atoms with Crippen LogP contribution in [0.15, 0.2) is 12.3 Å². The van der Waals surface area contributed by atoms with Gasteiger partial charge in [0.2, 0.25) is 5.01 Å². The number of aromatic carboxylic acids is 1. The van der Waals surface area contributed by atoms with Crippen LogP contribution in [0.25, 0.3) is 10.2 Å². The molecular weight excluding hydrogens is 188 g/mol. The van der Waals surface area contributed by atoms with Gasteiger partial charge in [0.25, 0.3) is 0 Å². The highest BCUT2D eigenvalue weighted by Gasteiger charge is 2.11. The fourth-order valence-corrected chi connectivity index (χ4v) is 1.92. The zero-order valence-electron chi connectivity index (χ0n) is 6.81. The molecule has 5 heteroatoms. The Balaban J connectivity index is 2.75. The Kier molecular flexibility index (Phi) is 1.73. The summed E-state index contributed by atoms with van der Waals surface area (Å²) >= 11 is 1.16. The van der Waals surface area contributed by atoms with Crippen LogP contribution in [0.4, 0.5) is 0 Å². The SMILES string of the molecule is Cc1nccc2nc(C(=O)O)sc12. The second kappa shape index (κ2) is 2.77. The van der Waals surface area contributed by atoms with Crippen LogP contribution < -0.4 is 0 Å². The third kappa shape index (κ3) is 1.27. The number of aryl methyl sites for hydroxylation is 1. The quantitative estimate of drug-likeness (QED) is 0.750. The van der Waals surface area contributed by atoms with Crippen LogP contribution >= 0.6 is 11.3 Å². The van der Waals surface area contributed by atoms with Crippen molar-refractivity contribution in [1.29, 1.82) is 0 Å². The number of pyridine rings is 1. The van der Waals surface area contributed by atoms with Crippen molar-refractivity contribution in [3.05, 3.63) is 23.0 Å². The largest absolute Gasteiger partial charge is 0.476 e. The van der Waals surface area contributed by atoms with E-state index in [1.54, 1.807) is 12.3 Å². The molecule has 0 bridgehead atoms. The molecule has 66 valence electrons. The Hall–Kier alpha value is -1.49. The molecule has 0 aliphatic rings. The highest BCUT2D eigenvalue weighted by molar-refractivity contribution is 7.20. The van der Waals surface area contributed by atoms with Crippen LogP contribution in [0.3, 0.4) is 0 Å². The molecule has 0 fully saturated rings. The van der Waals surface area contributed by atoms with Crippen molar-refractivity contribution in [2.24, 2.45) is 0 Å². The number of thiazole rings is 1. The van der Waals surface area contributed by atoms with E-state index in [1.165, 1.54) is 0 Å². The molecule has 0 saturated heterocycles. The van der Waals surface area contributed by atoms with Crippen LogP contribution in [0.1, 0.15) is 15.5 Å². The average molecular weight is 194 g/mol. The lowest BCUT2D eigenvalue weighted by atomic mass is 10.3. The summed E-state index contributed by atoms with van der Waals surface area (Å²) < 4.78 is 0.847. The Labute approximate surface area is 77.9 Å². The monoisotopic (exact) mass is 194 g/mol. The van der Waals surface area contributed by atoms with E-state index in [4.69, 9.17) is 5.11 Å². The molecule has 2 rings (SSSR count). The van der Waals surface area contributed by atoms with Crippen molar-refractivity contribution >= 4 is 27.5 Å². The van der Waals surface area contributed by atoms with Gasteiger partial charge in [-0.2, -0.15) is 0 Å². The molecule has 0 spiro atoms. The van der Waals surface area contributed by atoms with Crippen LogP contribution in [0.5, 0.6) is 0 Å². The molecule has 13 heavy (non-hydrogen) atoms. The van der Waals surface area contributed by atoms with Gasteiger partial charge in [-0.1, -0.05) is 0 Å². The van der Waals surface area contributed by atoms with Crippen molar-refractivity contribution in [1.82, 2.24) is 9.97 Å². The van der Waals surface area contributed by atoms with E-state index < -0.39 is 5.97 Å². The van der Waals surface area contributed by atoms with Gasteiger partial charge in [0, 0.05) is 6.20 Å². The lowest BCUT2D eigenvalue weighted by Gasteiger charge is -1.89. The molecule has 1 N–H and O–H groups in total. The minimum absolute atomic E-state index is 0.117. The fourth-order valence-electron chi connectivity index (χ4n) is 1.07. The van der Waals surface area contributed by atoms with E-state index in [9.17, 15) is 4.79 Å². The molecule has 0 aromatic carbocycles. The van der Waals surface area contributed by atoms with Gasteiger partial charge in [-0.3, -0.25) is 4.98 Å².